The molecular weight excluding hydrogens is 260 g/mol. The van der Waals surface area contributed by atoms with Crippen molar-refractivity contribution in [3.05, 3.63) is 35.4 Å². The summed E-state index contributed by atoms with van der Waals surface area (Å²) in [5, 5.41) is 0. The Bertz CT molecular complexity index is 491. The van der Waals surface area contributed by atoms with Crippen LogP contribution in [0.5, 0.6) is 0 Å². The summed E-state index contributed by atoms with van der Waals surface area (Å²) in [5.74, 6) is 0.00738. The summed E-state index contributed by atoms with van der Waals surface area (Å²) in [6, 6.07) is 7.36. The molecule has 0 aromatic heterocycles. The third kappa shape index (κ3) is 4.93. The van der Waals surface area contributed by atoms with Crippen LogP contribution in [0.25, 0.3) is 0 Å². The number of nitrogens with two attached hydrogens (primary N) is 1. The van der Waals surface area contributed by atoms with Gasteiger partial charge in [0.2, 0.25) is 10.0 Å². The monoisotopic (exact) mass is 284 g/mol. The molecule has 0 unspecified atom stereocenters. The molecule has 0 saturated heterocycles. The molecule has 0 aliphatic heterocycles. The van der Waals surface area contributed by atoms with Crippen molar-refractivity contribution in [1.82, 2.24) is 4.72 Å². The van der Waals surface area contributed by atoms with Gasteiger partial charge in [-0.1, -0.05) is 38.1 Å². The van der Waals surface area contributed by atoms with Crippen molar-refractivity contribution in [3.63, 3.8) is 0 Å². The molecule has 0 atom stereocenters. The standard InChI is InChI=1S/C14H24N2O2S/c1-4-14(3,5-2)16-19(17,18)11-13-8-6-12(10-15)7-9-13/h6-9,16H,4-5,10-11,15H2,1-3H3. The maximum atomic E-state index is 12.2. The molecule has 0 saturated carbocycles. The zero-order valence-electron chi connectivity index (χ0n) is 11.9. The minimum absolute atomic E-state index is 0.00738. The first-order valence-electron chi connectivity index (χ1n) is 6.63. The van der Waals surface area contributed by atoms with Gasteiger partial charge in [-0.05, 0) is 30.9 Å². The second kappa shape index (κ2) is 6.50. The molecule has 0 fully saturated rings. The van der Waals surface area contributed by atoms with Gasteiger partial charge in [0.15, 0.2) is 0 Å². The summed E-state index contributed by atoms with van der Waals surface area (Å²) >= 11 is 0. The Labute approximate surface area is 116 Å². The molecule has 1 rings (SSSR count). The zero-order chi connectivity index (χ0) is 14.5. The SMILES string of the molecule is CCC(C)(CC)NS(=O)(=O)Cc1ccc(CN)cc1. The van der Waals surface area contributed by atoms with E-state index < -0.39 is 10.0 Å². The van der Waals surface area contributed by atoms with Gasteiger partial charge in [0.1, 0.15) is 0 Å². The van der Waals surface area contributed by atoms with Crippen LogP contribution < -0.4 is 10.5 Å². The lowest BCUT2D eigenvalue weighted by molar-refractivity contribution is 0.388. The summed E-state index contributed by atoms with van der Waals surface area (Å²) in [7, 11) is -3.32. The van der Waals surface area contributed by atoms with Crippen molar-refractivity contribution >= 4 is 10.0 Å². The van der Waals surface area contributed by atoms with Crippen LogP contribution in [0.1, 0.15) is 44.7 Å². The van der Waals surface area contributed by atoms with E-state index in [-0.39, 0.29) is 11.3 Å². The second-order valence-electron chi connectivity index (χ2n) is 5.15. The molecule has 0 aliphatic rings. The van der Waals surface area contributed by atoms with E-state index in [2.05, 4.69) is 4.72 Å². The maximum absolute atomic E-state index is 12.2. The van der Waals surface area contributed by atoms with Crippen molar-refractivity contribution < 1.29 is 8.42 Å². The third-order valence-corrected chi connectivity index (χ3v) is 5.10. The number of rotatable bonds is 7. The van der Waals surface area contributed by atoms with E-state index >= 15 is 0 Å². The highest BCUT2D eigenvalue weighted by Crippen LogP contribution is 2.17. The summed E-state index contributed by atoms with van der Waals surface area (Å²) in [6.07, 6.45) is 1.55. The Kier molecular flexibility index (Phi) is 5.52. The summed E-state index contributed by atoms with van der Waals surface area (Å²) < 4.78 is 27.1. The highest BCUT2D eigenvalue weighted by molar-refractivity contribution is 7.88. The fraction of sp³-hybridized carbons (Fsp3) is 0.571. The van der Waals surface area contributed by atoms with Gasteiger partial charge in [-0.15, -0.1) is 0 Å². The normalized spacial score (nSPS) is 12.6. The van der Waals surface area contributed by atoms with E-state index in [1.807, 2.05) is 45.0 Å². The Hall–Kier alpha value is -0.910. The Morgan fingerprint density at radius 3 is 2.00 bits per heavy atom. The summed E-state index contributed by atoms with van der Waals surface area (Å²) in [6.45, 7) is 6.38. The van der Waals surface area contributed by atoms with Crippen LogP contribution in [-0.2, 0) is 22.3 Å². The molecule has 3 N–H and O–H groups in total. The minimum atomic E-state index is -3.32. The lowest BCUT2D eigenvalue weighted by atomic mass is 9.98. The third-order valence-electron chi connectivity index (χ3n) is 3.58. The molecule has 0 bridgehead atoms. The summed E-state index contributed by atoms with van der Waals surface area (Å²) in [5.41, 5.74) is 6.93. The van der Waals surface area contributed by atoms with Gasteiger partial charge in [-0.2, -0.15) is 0 Å². The molecule has 4 nitrogen and oxygen atoms in total. The predicted molar refractivity (Wildman–Crippen MR) is 79.1 cm³/mol. The van der Waals surface area contributed by atoms with Gasteiger partial charge in [-0.3, -0.25) is 0 Å². The molecule has 108 valence electrons. The van der Waals surface area contributed by atoms with E-state index in [1.54, 1.807) is 0 Å². The van der Waals surface area contributed by atoms with Crippen molar-refractivity contribution in [2.75, 3.05) is 0 Å². The van der Waals surface area contributed by atoms with Crippen LogP contribution >= 0.6 is 0 Å². The molecule has 1 aromatic rings. The Morgan fingerprint density at radius 2 is 1.58 bits per heavy atom. The largest absolute Gasteiger partial charge is 0.326 e. The molecule has 0 amide bonds. The quantitative estimate of drug-likeness (QED) is 0.806. The molecule has 19 heavy (non-hydrogen) atoms. The number of nitrogens with one attached hydrogen (secondary N) is 1. The first-order valence-corrected chi connectivity index (χ1v) is 8.29. The van der Waals surface area contributed by atoms with Crippen LogP contribution in [0.2, 0.25) is 0 Å². The van der Waals surface area contributed by atoms with Gasteiger partial charge in [0.05, 0.1) is 5.75 Å². The predicted octanol–water partition coefficient (Wildman–Crippen LogP) is 2.14. The van der Waals surface area contributed by atoms with Crippen LogP contribution in [0.15, 0.2) is 24.3 Å². The van der Waals surface area contributed by atoms with Gasteiger partial charge < -0.3 is 5.73 Å². The molecule has 0 aliphatic carbocycles. The van der Waals surface area contributed by atoms with Crippen molar-refractivity contribution in [1.29, 1.82) is 0 Å². The van der Waals surface area contributed by atoms with E-state index in [0.717, 1.165) is 24.0 Å². The Balaban J connectivity index is 2.78. The molecule has 0 radical (unpaired) electrons. The number of sulfonamides is 1. The van der Waals surface area contributed by atoms with E-state index in [9.17, 15) is 8.42 Å². The van der Waals surface area contributed by atoms with Crippen molar-refractivity contribution in [3.8, 4) is 0 Å². The van der Waals surface area contributed by atoms with Crippen LogP contribution in [0, 0.1) is 0 Å². The van der Waals surface area contributed by atoms with E-state index in [4.69, 9.17) is 5.73 Å². The molecule has 0 spiro atoms. The highest BCUT2D eigenvalue weighted by atomic mass is 32.2. The summed E-state index contributed by atoms with van der Waals surface area (Å²) in [4.78, 5) is 0. The number of benzene rings is 1. The van der Waals surface area contributed by atoms with E-state index in [1.165, 1.54) is 0 Å². The Morgan fingerprint density at radius 1 is 1.11 bits per heavy atom. The maximum Gasteiger partial charge on any atom is 0.216 e. The van der Waals surface area contributed by atoms with Gasteiger partial charge in [0.25, 0.3) is 0 Å². The number of hydrogen-bond donors (Lipinski definition) is 2. The topological polar surface area (TPSA) is 72.2 Å². The molecular formula is C14H24N2O2S. The molecule has 0 heterocycles. The minimum Gasteiger partial charge on any atom is -0.326 e. The highest BCUT2D eigenvalue weighted by Gasteiger charge is 2.26. The van der Waals surface area contributed by atoms with Crippen LogP contribution in [0.4, 0.5) is 0 Å². The van der Waals surface area contributed by atoms with Gasteiger partial charge in [-0.25, -0.2) is 13.1 Å². The fourth-order valence-electron chi connectivity index (χ4n) is 1.80. The smallest absolute Gasteiger partial charge is 0.216 e. The van der Waals surface area contributed by atoms with E-state index in [0.29, 0.717) is 6.54 Å². The average Bonchev–Trinajstić information content (AvgIpc) is 2.38. The average molecular weight is 284 g/mol. The second-order valence-corrected chi connectivity index (χ2v) is 6.87. The van der Waals surface area contributed by atoms with Crippen molar-refractivity contribution in [2.45, 2.75) is 51.4 Å². The van der Waals surface area contributed by atoms with Crippen LogP contribution in [-0.4, -0.2) is 14.0 Å². The van der Waals surface area contributed by atoms with Gasteiger partial charge >= 0.3 is 0 Å². The fourth-order valence-corrected chi connectivity index (χ4v) is 3.54. The first-order chi connectivity index (χ1) is 8.84. The number of hydrogen-bond acceptors (Lipinski definition) is 3. The first kappa shape index (κ1) is 16.1. The van der Waals surface area contributed by atoms with Gasteiger partial charge in [0, 0.05) is 12.1 Å². The molecule has 5 heteroatoms. The zero-order valence-corrected chi connectivity index (χ0v) is 12.8. The van der Waals surface area contributed by atoms with Crippen molar-refractivity contribution in [2.24, 2.45) is 5.73 Å². The van der Waals surface area contributed by atoms with Crippen LogP contribution in [0.3, 0.4) is 0 Å². The lowest BCUT2D eigenvalue weighted by Crippen LogP contribution is -2.45. The molecule has 1 aromatic carbocycles. The lowest BCUT2D eigenvalue weighted by Gasteiger charge is -2.27.